The predicted octanol–water partition coefficient (Wildman–Crippen LogP) is 2.24. The largest absolute Gasteiger partial charge is 0.486 e. The van der Waals surface area contributed by atoms with E-state index in [1.165, 1.54) is 0 Å². The number of nitrogens with one attached hydrogen (secondary N) is 1. The van der Waals surface area contributed by atoms with Gasteiger partial charge in [0.2, 0.25) is 0 Å². The van der Waals surface area contributed by atoms with Crippen molar-refractivity contribution in [2.45, 2.75) is 32.6 Å². The zero-order valence-corrected chi connectivity index (χ0v) is 16.6. The van der Waals surface area contributed by atoms with Crippen LogP contribution >= 0.6 is 0 Å². The van der Waals surface area contributed by atoms with Crippen molar-refractivity contribution in [2.24, 2.45) is 5.92 Å². The molecule has 1 saturated heterocycles. The fourth-order valence-corrected chi connectivity index (χ4v) is 3.68. The number of para-hydroxylation sites is 1. The predicted molar refractivity (Wildman–Crippen MR) is 105 cm³/mol. The molecule has 1 aromatic carbocycles. The number of hydrogen-bond acceptors (Lipinski definition) is 6. The number of ether oxygens (including phenoxy) is 3. The molecule has 7 nitrogen and oxygen atoms in total. The zero-order valence-electron chi connectivity index (χ0n) is 16.6. The molecule has 0 aliphatic carbocycles. The van der Waals surface area contributed by atoms with Gasteiger partial charge in [-0.2, -0.15) is 0 Å². The Bertz CT molecular complexity index is 671. The lowest BCUT2D eigenvalue weighted by atomic mass is 9.96. The average Bonchev–Trinajstić information content (AvgIpc) is 2.73. The van der Waals surface area contributed by atoms with Crippen LogP contribution in [0.3, 0.4) is 0 Å². The van der Waals surface area contributed by atoms with Gasteiger partial charge in [-0.3, -0.25) is 9.59 Å². The molecule has 0 saturated carbocycles. The van der Waals surface area contributed by atoms with Gasteiger partial charge < -0.3 is 24.4 Å². The first-order valence-corrected chi connectivity index (χ1v) is 10.2. The number of benzene rings is 1. The number of nitrogens with zero attached hydrogens (tertiary/aromatic N) is 1. The lowest BCUT2D eigenvalue weighted by molar-refractivity contribution is -0.143. The summed E-state index contributed by atoms with van der Waals surface area (Å²) in [5, 5.41) is 3.05. The molecule has 154 valence electrons. The van der Waals surface area contributed by atoms with Gasteiger partial charge in [0, 0.05) is 13.0 Å². The molecule has 0 radical (unpaired) electrons. The maximum atomic E-state index is 12.6. The molecular formula is C21H30N2O5. The van der Waals surface area contributed by atoms with Crippen molar-refractivity contribution in [1.82, 2.24) is 10.2 Å². The van der Waals surface area contributed by atoms with Crippen LogP contribution in [0.1, 0.15) is 43.0 Å². The molecular weight excluding hydrogens is 360 g/mol. The van der Waals surface area contributed by atoms with E-state index in [1.54, 1.807) is 6.07 Å². The van der Waals surface area contributed by atoms with Crippen LogP contribution < -0.4 is 14.8 Å². The molecule has 2 aliphatic heterocycles. The Hall–Kier alpha value is -2.28. The van der Waals surface area contributed by atoms with E-state index in [1.807, 2.05) is 19.1 Å². The maximum absolute atomic E-state index is 12.6. The molecule has 0 spiro atoms. The smallest absolute Gasteiger partial charge is 0.305 e. The number of carbonyl (C=O) groups is 2. The Morgan fingerprint density at radius 3 is 2.79 bits per heavy atom. The molecule has 0 atom stereocenters. The van der Waals surface area contributed by atoms with Crippen molar-refractivity contribution in [3.63, 3.8) is 0 Å². The highest BCUT2D eigenvalue weighted by atomic mass is 16.6. The summed E-state index contributed by atoms with van der Waals surface area (Å²) in [4.78, 5) is 26.4. The number of rotatable bonds is 8. The van der Waals surface area contributed by atoms with Gasteiger partial charge in [0.15, 0.2) is 11.5 Å². The normalized spacial score (nSPS) is 17.2. The van der Waals surface area contributed by atoms with Crippen LogP contribution in [-0.2, 0) is 9.53 Å². The van der Waals surface area contributed by atoms with Crippen molar-refractivity contribution in [3.8, 4) is 11.5 Å². The summed E-state index contributed by atoms with van der Waals surface area (Å²) in [6.45, 7) is 6.84. The van der Waals surface area contributed by atoms with Crippen LogP contribution in [0.25, 0.3) is 0 Å². The van der Waals surface area contributed by atoms with Crippen LogP contribution in [-0.4, -0.2) is 62.8 Å². The van der Waals surface area contributed by atoms with Gasteiger partial charge >= 0.3 is 5.97 Å². The Labute approximate surface area is 166 Å². The topological polar surface area (TPSA) is 77.1 Å². The molecule has 0 bridgehead atoms. The number of hydrogen-bond donors (Lipinski definition) is 1. The van der Waals surface area contributed by atoms with Gasteiger partial charge in [-0.1, -0.05) is 6.07 Å². The number of piperidine rings is 1. The molecule has 0 aromatic heterocycles. The highest BCUT2D eigenvalue weighted by molar-refractivity contribution is 5.97. The van der Waals surface area contributed by atoms with Crippen molar-refractivity contribution in [3.05, 3.63) is 23.8 Å². The molecule has 28 heavy (non-hydrogen) atoms. The van der Waals surface area contributed by atoms with Crippen molar-refractivity contribution in [2.75, 3.05) is 46.0 Å². The molecule has 2 heterocycles. The second-order valence-electron chi connectivity index (χ2n) is 7.23. The molecule has 0 unspecified atom stereocenters. The zero-order chi connectivity index (χ0) is 19.8. The Morgan fingerprint density at radius 1 is 1.21 bits per heavy atom. The van der Waals surface area contributed by atoms with E-state index in [-0.39, 0.29) is 11.9 Å². The van der Waals surface area contributed by atoms with Crippen molar-refractivity contribution in [1.29, 1.82) is 0 Å². The van der Waals surface area contributed by atoms with E-state index >= 15 is 0 Å². The Morgan fingerprint density at radius 2 is 2.00 bits per heavy atom. The third-order valence-corrected chi connectivity index (χ3v) is 5.23. The van der Waals surface area contributed by atoms with E-state index in [2.05, 4.69) is 10.2 Å². The third kappa shape index (κ3) is 5.61. The summed E-state index contributed by atoms with van der Waals surface area (Å²) in [7, 11) is 0. The summed E-state index contributed by atoms with van der Waals surface area (Å²) in [5.74, 6) is 1.43. The summed E-state index contributed by atoms with van der Waals surface area (Å²) in [6.07, 6.45) is 3.41. The van der Waals surface area contributed by atoms with Gasteiger partial charge in [0.25, 0.3) is 5.91 Å². The second-order valence-corrected chi connectivity index (χ2v) is 7.23. The lowest BCUT2D eigenvalue weighted by Gasteiger charge is -2.32. The van der Waals surface area contributed by atoms with Crippen molar-refractivity contribution >= 4 is 11.9 Å². The minimum Gasteiger partial charge on any atom is -0.486 e. The lowest BCUT2D eigenvalue weighted by Crippen LogP contribution is -2.39. The third-order valence-electron chi connectivity index (χ3n) is 5.23. The summed E-state index contributed by atoms with van der Waals surface area (Å²) in [5.41, 5.74) is 0.536. The van der Waals surface area contributed by atoms with Crippen LogP contribution in [0, 0.1) is 5.92 Å². The van der Waals surface area contributed by atoms with E-state index in [0.717, 1.165) is 38.9 Å². The molecule has 3 rings (SSSR count). The molecule has 1 aromatic rings. The van der Waals surface area contributed by atoms with Crippen molar-refractivity contribution < 1.29 is 23.8 Å². The van der Waals surface area contributed by atoms with Crippen LogP contribution in [0.15, 0.2) is 18.2 Å². The second kappa shape index (κ2) is 10.3. The highest BCUT2D eigenvalue weighted by Crippen LogP contribution is 2.33. The minimum absolute atomic E-state index is 0.112. The van der Waals surface area contributed by atoms with Crippen LogP contribution in [0.4, 0.5) is 0 Å². The van der Waals surface area contributed by atoms with E-state index in [4.69, 9.17) is 14.2 Å². The first-order valence-electron chi connectivity index (χ1n) is 10.2. The molecule has 1 fully saturated rings. The van der Waals surface area contributed by atoms with E-state index < -0.39 is 0 Å². The quantitative estimate of drug-likeness (QED) is 0.686. The number of esters is 1. The molecule has 7 heteroatoms. The average molecular weight is 390 g/mol. The number of likely N-dealkylation sites (tertiary alicyclic amines) is 1. The van der Waals surface area contributed by atoms with Gasteiger partial charge in [-0.15, -0.1) is 0 Å². The number of carbonyl (C=O) groups excluding carboxylic acids is 2. The van der Waals surface area contributed by atoms with E-state index in [0.29, 0.717) is 55.8 Å². The Kier molecular flexibility index (Phi) is 7.54. The maximum Gasteiger partial charge on any atom is 0.305 e. The van der Waals surface area contributed by atoms with E-state index in [9.17, 15) is 9.59 Å². The number of fused-ring (bicyclic) bond motifs is 1. The summed E-state index contributed by atoms with van der Waals surface area (Å²) in [6, 6.07) is 5.41. The molecule has 2 aliphatic rings. The number of amides is 1. The van der Waals surface area contributed by atoms with Gasteiger partial charge in [0.1, 0.15) is 13.2 Å². The monoisotopic (exact) mass is 390 g/mol. The SMILES string of the molecule is CCOC(=O)CCCN1CCC(CNC(=O)c2cccc3c2OCCO3)CC1. The Balaban J connectivity index is 1.38. The summed E-state index contributed by atoms with van der Waals surface area (Å²) < 4.78 is 16.1. The van der Waals surface area contributed by atoms with Crippen LogP contribution in [0.2, 0.25) is 0 Å². The highest BCUT2D eigenvalue weighted by Gasteiger charge is 2.23. The fraction of sp³-hybridized carbons (Fsp3) is 0.619. The molecule has 1 N–H and O–H groups in total. The van der Waals surface area contributed by atoms with Crippen LogP contribution in [0.5, 0.6) is 11.5 Å². The first kappa shape index (κ1) is 20.5. The molecule has 1 amide bonds. The van der Waals surface area contributed by atoms with Gasteiger partial charge in [-0.25, -0.2) is 0 Å². The standard InChI is InChI=1S/C21H30N2O5/c1-2-26-19(24)7-4-10-23-11-8-16(9-12-23)15-22-21(25)17-5-3-6-18-20(17)28-14-13-27-18/h3,5-6,16H,2,4,7-15H2,1H3,(H,22,25). The minimum atomic E-state index is -0.113. The fourth-order valence-electron chi connectivity index (χ4n) is 3.68. The first-order chi connectivity index (χ1) is 13.7. The van der Waals surface area contributed by atoms with Gasteiger partial charge in [-0.05, 0) is 63.9 Å². The van der Waals surface area contributed by atoms with Gasteiger partial charge in [0.05, 0.1) is 12.2 Å². The summed E-state index contributed by atoms with van der Waals surface area (Å²) >= 11 is 0.